The Morgan fingerprint density at radius 3 is 2.42 bits per heavy atom. The predicted octanol–water partition coefficient (Wildman–Crippen LogP) is 3.24. The van der Waals surface area contributed by atoms with Crippen LogP contribution in [0.2, 0.25) is 0 Å². The number of anilines is 1. The second kappa shape index (κ2) is 7.47. The Morgan fingerprint density at radius 2 is 1.85 bits per heavy atom. The van der Waals surface area contributed by atoms with Crippen molar-refractivity contribution < 1.29 is 19.4 Å². The van der Waals surface area contributed by atoms with Crippen LogP contribution in [0.1, 0.15) is 41.7 Å². The van der Waals surface area contributed by atoms with E-state index in [1.807, 2.05) is 31.2 Å². The lowest BCUT2D eigenvalue weighted by Crippen LogP contribution is -2.26. The molecule has 2 aromatic carbocycles. The molecule has 2 aromatic rings. The van der Waals surface area contributed by atoms with Crippen molar-refractivity contribution in [2.75, 3.05) is 12.4 Å². The molecule has 2 amide bonds. The molecule has 0 radical (unpaired) electrons. The first-order valence-corrected chi connectivity index (χ1v) is 8.56. The Morgan fingerprint density at radius 1 is 1.15 bits per heavy atom. The van der Waals surface area contributed by atoms with Crippen molar-refractivity contribution in [2.45, 2.75) is 25.8 Å². The number of carbonyl (C=O) groups is 2. The molecule has 136 valence electrons. The zero-order valence-corrected chi connectivity index (χ0v) is 14.8. The first kappa shape index (κ1) is 17.8. The Kier molecular flexibility index (Phi) is 5.11. The van der Waals surface area contributed by atoms with Crippen LogP contribution in [-0.2, 0) is 4.79 Å². The number of hydrogen-bond donors (Lipinski definition) is 3. The minimum Gasteiger partial charge on any atom is -0.507 e. The fourth-order valence-corrected chi connectivity index (χ4v) is 2.63. The number of phenols is 1. The fraction of sp³-hybridized carbons (Fsp3) is 0.300. The highest BCUT2D eigenvalue weighted by atomic mass is 16.5. The molecule has 6 nitrogen and oxygen atoms in total. The lowest BCUT2D eigenvalue weighted by molar-refractivity contribution is -0.117. The van der Waals surface area contributed by atoms with Crippen molar-refractivity contribution in [3.63, 3.8) is 0 Å². The van der Waals surface area contributed by atoms with Gasteiger partial charge in [-0.25, -0.2) is 0 Å². The summed E-state index contributed by atoms with van der Waals surface area (Å²) in [5, 5.41) is 15.7. The molecule has 6 heteroatoms. The van der Waals surface area contributed by atoms with Crippen LogP contribution in [0.3, 0.4) is 0 Å². The van der Waals surface area contributed by atoms with E-state index in [4.69, 9.17) is 4.74 Å². The average molecular weight is 354 g/mol. The molecule has 26 heavy (non-hydrogen) atoms. The van der Waals surface area contributed by atoms with Crippen LogP contribution in [0.5, 0.6) is 11.5 Å². The van der Waals surface area contributed by atoms with Crippen LogP contribution in [0.4, 0.5) is 5.69 Å². The van der Waals surface area contributed by atoms with Gasteiger partial charge in [0.2, 0.25) is 5.91 Å². The van der Waals surface area contributed by atoms with Crippen molar-refractivity contribution in [3.8, 4) is 11.5 Å². The highest BCUT2D eigenvalue weighted by molar-refractivity contribution is 5.97. The Hall–Kier alpha value is -3.02. The molecule has 0 aliphatic heterocycles. The SMILES string of the molecule is COc1ccc(C(=O)NC(C)c2ccc(NC(=O)C3CC3)cc2)c(O)c1. The van der Waals surface area contributed by atoms with E-state index in [2.05, 4.69) is 10.6 Å². The van der Waals surface area contributed by atoms with Gasteiger partial charge in [-0.3, -0.25) is 9.59 Å². The molecule has 1 fully saturated rings. The van der Waals surface area contributed by atoms with Gasteiger partial charge >= 0.3 is 0 Å². The van der Waals surface area contributed by atoms with E-state index in [1.54, 1.807) is 6.07 Å². The Labute approximate surface area is 152 Å². The fourth-order valence-electron chi connectivity index (χ4n) is 2.63. The van der Waals surface area contributed by atoms with Gasteiger partial charge in [-0.05, 0) is 49.6 Å². The molecule has 1 unspecified atom stereocenters. The van der Waals surface area contributed by atoms with Gasteiger partial charge in [0.15, 0.2) is 0 Å². The molecular weight excluding hydrogens is 332 g/mol. The normalized spacial score (nSPS) is 14.4. The van der Waals surface area contributed by atoms with Gasteiger partial charge in [-0.15, -0.1) is 0 Å². The summed E-state index contributed by atoms with van der Waals surface area (Å²) in [5.41, 5.74) is 1.83. The van der Waals surface area contributed by atoms with Gasteiger partial charge in [-0.2, -0.15) is 0 Å². The lowest BCUT2D eigenvalue weighted by Gasteiger charge is -2.16. The van der Waals surface area contributed by atoms with Crippen molar-refractivity contribution in [1.29, 1.82) is 0 Å². The van der Waals surface area contributed by atoms with Gasteiger partial charge in [-0.1, -0.05) is 12.1 Å². The van der Waals surface area contributed by atoms with Gasteiger partial charge < -0.3 is 20.5 Å². The molecule has 1 aliphatic carbocycles. The predicted molar refractivity (Wildman–Crippen MR) is 98.3 cm³/mol. The maximum atomic E-state index is 12.4. The van der Waals surface area contributed by atoms with E-state index in [0.29, 0.717) is 5.75 Å². The third-order valence-corrected chi connectivity index (χ3v) is 4.42. The van der Waals surface area contributed by atoms with Crippen LogP contribution in [0.15, 0.2) is 42.5 Å². The summed E-state index contributed by atoms with van der Waals surface area (Å²) in [7, 11) is 1.49. The molecule has 1 aliphatic rings. The number of benzene rings is 2. The summed E-state index contributed by atoms with van der Waals surface area (Å²) in [5.74, 6) is 0.200. The van der Waals surface area contributed by atoms with Crippen LogP contribution < -0.4 is 15.4 Å². The van der Waals surface area contributed by atoms with Gasteiger partial charge in [0.05, 0.1) is 18.7 Å². The van der Waals surface area contributed by atoms with Crippen LogP contribution >= 0.6 is 0 Å². The Bertz CT molecular complexity index is 813. The maximum absolute atomic E-state index is 12.4. The van der Waals surface area contributed by atoms with Crippen molar-refractivity contribution >= 4 is 17.5 Å². The van der Waals surface area contributed by atoms with E-state index in [0.717, 1.165) is 24.1 Å². The number of carbonyl (C=O) groups excluding carboxylic acids is 2. The first-order valence-electron chi connectivity index (χ1n) is 8.56. The van der Waals surface area contributed by atoms with Crippen molar-refractivity contribution in [1.82, 2.24) is 5.32 Å². The van der Waals surface area contributed by atoms with Gasteiger partial charge in [0.1, 0.15) is 11.5 Å². The molecule has 3 rings (SSSR count). The van der Waals surface area contributed by atoms with Crippen LogP contribution in [-0.4, -0.2) is 24.0 Å². The van der Waals surface area contributed by atoms with Gasteiger partial charge in [0.25, 0.3) is 5.91 Å². The van der Waals surface area contributed by atoms with Gasteiger partial charge in [0, 0.05) is 17.7 Å². The summed E-state index contributed by atoms with van der Waals surface area (Å²) < 4.78 is 5.02. The van der Waals surface area contributed by atoms with Crippen LogP contribution in [0.25, 0.3) is 0 Å². The molecule has 0 aromatic heterocycles. The third kappa shape index (κ3) is 4.14. The highest BCUT2D eigenvalue weighted by Crippen LogP contribution is 2.30. The summed E-state index contributed by atoms with van der Waals surface area (Å²) in [6.07, 6.45) is 1.93. The molecule has 0 heterocycles. The Balaban J connectivity index is 1.62. The number of hydrogen-bond acceptors (Lipinski definition) is 4. The zero-order chi connectivity index (χ0) is 18.7. The quantitative estimate of drug-likeness (QED) is 0.743. The molecule has 0 spiro atoms. The van der Waals surface area contributed by atoms with E-state index in [9.17, 15) is 14.7 Å². The second-order valence-corrected chi connectivity index (χ2v) is 6.46. The number of aromatic hydroxyl groups is 1. The summed E-state index contributed by atoms with van der Waals surface area (Å²) >= 11 is 0. The highest BCUT2D eigenvalue weighted by Gasteiger charge is 2.29. The van der Waals surface area contributed by atoms with Crippen molar-refractivity contribution in [3.05, 3.63) is 53.6 Å². The molecular formula is C20H22N2O4. The molecule has 1 atom stereocenters. The van der Waals surface area contributed by atoms with Crippen LogP contribution in [0, 0.1) is 5.92 Å². The molecule has 0 saturated heterocycles. The summed E-state index contributed by atoms with van der Waals surface area (Å²) in [6.45, 7) is 1.86. The number of amides is 2. The second-order valence-electron chi connectivity index (χ2n) is 6.46. The van der Waals surface area contributed by atoms with E-state index in [-0.39, 0.29) is 35.1 Å². The first-order chi connectivity index (χ1) is 12.5. The monoisotopic (exact) mass is 354 g/mol. The van der Waals surface area contributed by atoms with E-state index < -0.39 is 0 Å². The minimum absolute atomic E-state index is 0.0640. The van der Waals surface area contributed by atoms with E-state index >= 15 is 0 Å². The van der Waals surface area contributed by atoms with Crippen molar-refractivity contribution in [2.24, 2.45) is 5.92 Å². The maximum Gasteiger partial charge on any atom is 0.255 e. The zero-order valence-electron chi connectivity index (χ0n) is 14.8. The third-order valence-electron chi connectivity index (χ3n) is 4.42. The number of phenolic OH excluding ortho intramolecular Hbond substituents is 1. The summed E-state index contributed by atoms with van der Waals surface area (Å²) in [4.78, 5) is 24.1. The smallest absolute Gasteiger partial charge is 0.255 e. The topological polar surface area (TPSA) is 87.7 Å². The largest absolute Gasteiger partial charge is 0.507 e. The van der Waals surface area contributed by atoms with E-state index in [1.165, 1.54) is 19.2 Å². The average Bonchev–Trinajstić information content (AvgIpc) is 3.47. The number of rotatable bonds is 6. The summed E-state index contributed by atoms with van der Waals surface area (Å²) in [6, 6.07) is 11.7. The molecule has 3 N–H and O–H groups in total. The number of ether oxygens (including phenoxy) is 1. The number of nitrogens with one attached hydrogen (secondary N) is 2. The molecule has 1 saturated carbocycles. The minimum atomic E-state index is -0.372. The molecule has 0 bridgehead atoms. The standard InChI is InChI=1S/C20H22N2O4/c1-12(21-20(25)17-10-9-16(26-2)11-18(17)23)13-5-7-15(8-6-13)22-19(24)14-3-4-14/h5-12,14,23H,3-4H2,1-2H3,(H,21,25)(H,22,24). The lowest BCUT2D eigenvalue weighted by atomic mass is 10.1. The number of methoxy groups -OCH3 is 1.